The quantitative estimate of drug-likeness (QED) is 0.374. The highest BCUT2D eigenvalue weighted by molar-refractivity contribution is 5.57. The monoisotopic (exact) mass is 487 g/mol. The molecule has 0 amide bonds. The molecule has 4 N–H and O–H groups in total. The van der Waals surface area contributed by atoms with E-state index < -0.39 is 5.82 Å². The zero-order valence-corrected chi connectivity index (χ0v) is 20.8. The van der Waals surface area contributed by atoms with Crippen LogP contribution in [0.2, 0.25) is 0 Å². The van der Waals surface area contributed by atoms with Gasteiger partial charge in [-0.05, 0) is 69.7 Å². The first-order valence-electron chi connectivity index (χ1n) is 12.8. The summed E-state index contributed by atoms with van der Waals surface area (Å²) in [5.41, 5.74) is 0.520. The molecule has 9 nitrogen and oxygen atoms in total. The van der Waals surface area contributed by atoms with E-state index in [9.17, 15) is 9.50 Å². The summed E-state index contributed by atoms with van der Waals surface area (Å²) in [5, 5.41) is 19.6. The van der Waals surface area contributed by atoms with Crippen molar-refractivity contribution in [2.75, 3.05) is 49.2 Å². The van der Waals surface area contributed by atoms with Crippen LogP contribution in [0.5, 0.6) is 5.75 Å². The summed E-state index contributed by atoms with van der Waals surface area (Å²) in [6.07, 6.45) is 7.16. The van der Waals surface area contributed by atoms with Crippen LogP contribution in [-0.4, -0.2) is 70.4 Å². The van der Waals surface area contributed by atoms with Crippen LogP contribution < -0.4 is 20.7 Å². The molecule has 2 heterocycles. The van der Waals surface area contributed by atoms with E-state index in [1.807, 2.05) is 0 Å². The first kappa shape index (κ1) is 25.4. The van der Waals surface area contributed by atoms with Crippen molar-refractivity contribution in [3.8, 4) is 5.75 Å². The number of ether oxygens (including phenoxy) is 1. The second kappa shape index (κ2) is 12.3. The normalized spacial score (nSPS) is 22.7. The molecule has 0 spiro atoms. The molecule has 10 heteroatoms. The Labute approximate surface area is 206 Å². The molecule has 3 atom stereocenters. The lowest BCUT2D eigenvalue weighted by molar-refractivity contribution is 0.156. The number of anilines is 4. The number of benzene rings is 1. The Morgan fingerprint density at radius 2 is 1.83 bits per heavy atom. The predicted molar refractivity (Wildman–Crippen MR) is 136 cm³/mol. The van der Waals surface area contributed by atoms with Gasteiger partial charge in [0.2, 0.25) is 17.8 Å². The summed E-state index contributed by atoms with van der Waals surface area (Å²) in [6.45, 7) is 5.89. The number of aliphatic hydroxyl groups excluding tert-OH is 1. The molecule has 35 heavy (non-hydrogen) atoms. The van der Waals surface area contributed by atoms with Gasteiger partial charge >= 0.3 is 0 Å². The van der Waals surface area contributed by atoms with Gasteiger partial charge in [-0.3, -0.25) is 4.90 Å². The molecule has 4 rings (SSSR count). The fourth-order valence-corrected chi connectivity index (χ4v) is 5.01. The van der Waals surface area contributed by atoms with Crippen molar-refractivity contribution in [1.82, 2.24) is 19.9 Å². The van der Waals surface area contributed by atoms with Crippen LogP contribution in [0.4, 0.5) is 27.9 Å². The Bertz CT molecular complexity index is 961. The van der Waals surface area contributed by atoms with Crippen LogP contribution in [0, 0.1) is 11.7 Å². The topological polar surface area (TPSA) is 107 Å². The smallest absolute Gasteiger partial charge is 0.233 e. The summed E-state index contributed by atoms with van der Waals surface area (Å²) in [7, 11) is 1.44. The number of piperidine rings is 1. The minimum absolute atomic E-state index is 0.179. The second-order valence-electron chi connectivity index (χ2n) is 9.56. The maximum Gasteiger partial charge on any atom is 0.233 e. The molecule has 1 saturated carbocycles. The summed E-state index contributed by atoms with van der Waals surface area (Å²) in [6, 6.07) is 5.08. The first-order valence-corrected chi connectivity index (χ1v) is 12.8. The molecule has 2 aliphatic rings. The molecule has 1 aromatic carbocycles. The largest absolute Gasteiger partial charge is 0.494 e. The fraction of sp³-hybridized carbons (Fsp3) is 0.640. The minimum atomic E-state index is -0.462. The minimum Gasteiger partial charge on any atom is -0.494 e. The number of aromatic nitrogens is 3. The van der Waals surface area contributed by atoms with Crippen LogP contribution >= 0.6 is 0 Å². The molecule has 0 radical (unpaired) electrons. The summed E-state index contributed by atoms with van der Waals surface area (Å²) >= 11 is 0. The van der Waals surface area contributed by atoms with Gasteiger partial charge in [0.1, 0.15) is 0 Å². The molecule has 0 bridgehead atoms. The predicted octanol–water partition coefficient (Wildman–Crippen LogP) is 4.01. The van der Waals surface area contributed by atoms with E-state index in [1.165, 1.54) is 26.0 Å². The van der Waals surface area contributed by atoms with Crippen LogP contribution in [-0.2, 0) is 0 Å². The molecule has 2 fully saturated rings. The Morgan fingerprint density at radius 1 is 1.06 bits per heavy atom. The maximum absolute atomic E-state index is 14.2. The van der Waals surface area contributed by atoms with Crippen LogP contribution in [0.3, 0.4) is 0 Å². The molecule has 1 aliphatic carbocycles. The van der Waals surface area contributed by atoms with E-state index >= 15 is 0 Å². The van der Waals surface area contributed by atoms with Gasteiger partial charge in [-0.1, -0.05) is 13.3 Å². The maximum atomic E-state index is 14.2. The van der Waals surface area contributed by atoms with E-state index in [0.29, 0.717) is 42.0 Å². The fourth-order valence-electron chi connectivity index (χ4n) is 5.01. The summed E-state index contributed by atoms with van der Waals surface area (Å²) in [4.78, 5) is 16.2. The van der Waals surface area contributed by atoms with Crippen molar-refractivity contribution in [1.29, 1.82) is 0 Å². The van der Waals surface area contributed by atoms with Crippen LogP contribution in [0.1, 0.15) is 51.9 Å². The number of nitrogens with one attached hydrogen (secondary N) is 3. The van der Waals surface area contributed by atoms with Crippen LogP contribution in [0.25, 0.3) is 0 Å². The van der Waals surface area contributed by atoms with E-state index in [0.717, 1.165) is 51.7 Å². The van der Waals surface area contributed by atoms with Gasteiger partial charge in [0.05, 0.1) is 13.2 Å². The van der Waals surface area contributed by atoms with E-state index in [1.54, 1.807) is 12.1 Å². The third-order valence-corrected chi connectivity index (χ3v) is 6.86. The highest BCUT2D eigenvalue weighted by Gasteiger charge is 2.24. The van der Waals surface area contributed by atoms with Crippen molar-refractivity contribution >= 4 is 23.5 Å². The highest BCUT2D eigenvalue weighted by Crippen LogP contribution is 2.26. The number of hydrogen-bond donors (Lipinski definition) is 4. The van der Waals surface area contributed by atoms with Gasteiger partial charge in [0.15, 0.2) is 11.6 Å². The number of likely N-dealkylation sites (tertiary alicyclic amines) is 1. The van der Waals surface area contributed by atoms with Gasteiger partial charge in [-0.2, -0.15) is 15.0 Å². The molecule has 192 valence electrons. The third-order valence-electron chi connectivity index (χ3n) is 6.86. The standard InChI is InChI=1S/C25H38FN7O2/c1-3-11-33-12-5-4-6-19(33)16-28-24-30-23(27-15-17-7-9-20(34)13-17)31-25(32-24)29-18-8-10-22(35-2)21(26)14-18/h8,10,14,17,19-20,34H,3-7,9,11-13,15-16H2,1-2H3,(H3,27,28,29,30,31,32). The van der Waals surface area contributed by atoms with Crippen molar-refractivity contribution in [3.05, 3.63) is 24.0 Å². The van der Waals surface area contributed by atoms with E-state index in [2.05, 4.69) is 42.7 Å². The van der Waals surface area contributed by atoms with E-state index in [4.69, 9.17) is 4.74 Å². The van der Waals surface area contributed by atoms with Gasteiger partial charge in [0, 0.05) is 30.9 Å². The molecule has 1 aliphatic heterocycles. The zero-order valence-electron chi connectivity index (χ0n) is 20.8. The van der Waals surface area contributed by atoms with Crippen molar-refractivity contribution in [2.45, 2.75) is 64.0 Å². The number of aliphatic hydroxyl groups is 1. The number of halogens is 1. The van der Waals surface area contributed by atoms with Crippen molar-refractivity contribution in [3.63, 3.8) is 0 Å². The first-order chi connectivity index (χ1) is 17.0. The summed E-state index contributed by atoms with van der Waals surface area (Å²) < 4.78 is 19.2. The molecule has 1 saturated heterocycles. The Hall–Kier alpha value is -2.72. The Balaban J connectivity index is 1.48. The molecule has 2 aromatic rings. The Kier molecular flexibility index (Phi) is 8.92. The van der Waals surface area contributed by atoms with Crippen molar-refractivity contribution < 1.29 is 14.2 Å². The van der Waals surface area contributed by atoms with Crippen molar-refractivity contribution in [2.24, 2.45) is 5.92 Å². The second-order valence-corrected chi connectivity index (χ2v) is 9.56. The SMILES string of the molecule is CCCN1CCCCC1CNc1nc(NCC2CCC(O)C2)nc(Nc2ccc(OC)c(F)c2)n1. The Morgan fingerprint density at radius 3 is 2.51 bits per heavy atom. The lowest BCUT2D eigenvalue weighted by Gasteiger charge is -2.35. The lowest BCUT2D eigenvalue weighted by Crippen LogP contribution is -2.44. The number of nitrogens with zero attached hydrogens (tertiary/aromatic N) is 4. The third kappa shape index (κ3) is 7.14. The number of hydrogen-bond acceptors (Lipinski definition) is 9. The zero-order chi connectivity index (χ0) is 24.6. The molecular weight excluding hydrogens is 449 g/mol. The average molecular weight is 488 g/mol. The van der Waals surface area contributed by atoms with Gasteiger partial charge in [-0.15, -0.1) is 0 Å². The highest BCUT2D eigenvalue weighted by atomic mass is 19.1. The lowest BCUT2D eigenvalue weighted by atomic mass is 10.0. The van der Waals surface area contributed by atoms with Gasteiger partial charge in [0.25, 0.3) is 0 Å². The average Bonchev–Trinajstić information content (AvgIpc) is 3.27. The van der Waals surface area contributed by atoms with Gasteiger partial charge in [-0.25, -0.2) is 4.39 Å². The van der Waals surface area contributed by atoms with E-state index in [-0.39, 0.29) is 11.9 Å². The molecule has 1 aromatic heterocycles. The molecule has 3 unspecified atom stereocenters. The molecular formula is C25H38FN7O2. The van der Waals surface area contributed by atoms with Crippen LogP contribution in [0.15, 0.2) is 18.2 Å². The number of rotatable bonds is 11. The number of methoxy groups -OCH3 is 1. The van der Waals surface area contributed by atoms with Gasteiger partial charge < -0.3 is 25.8 Å². The summed E-state index contributed by atoms with van der Waals surface area (Å²) in [5.74, 6) is 1.36.